The van der Waals surface area contributed by atoms with E-state index >= 15 is 0 Å². The van der Waals surface area contributed by atoms with Crippen molar-refractivity contribution in [1.29, 1.82) is 0 Å². The lowest BCUT2D eigenvalue weighted by Gasteiger charge is -2.04. The fourth-order valence-corrected chi connectivity index (χ4v) is 3.66. The van der Waals surface area contributed by atoms with Gasteiger partial charge in [0.2, 0.25) is 0 Å². The number of thiophene rings is 1. The van der Waals surface area contributed by atoms with E-state index in [1.54, 1.807) is 0 Å². The minimum absolute atomic E-state index is 0.125. The summed E-state index contributed by atoms with van der Waals surface area (Å²) in [4.78, 5) is 12.8. The van der Waals surface area contributed by atoms with E-state index in [-0.39, 0.29) is 5.78 Å². The summed E-state index contributed by atoms with van der Waals surface area (Å²) in [7, 11) is 1.93. The molecule has 22 heavy (non-hydrogen) atoms. The third-order valence-electron chi connectivity index (χ3n) is 3.24. The van der Waals surface area contributed by atoms with Gasteiger partial charge in [0.15, 0.2) is 16.8 Å². The average Bonchev–Trinajstić information content (AvgIpc) is 3.15. The molecule has 0 spiro atoms. The molecule has 6 heteroatoms. The van der Waals surface area contributed by atoms with E-state index in [2.05, 4.69) is 29.3 Å². The van der Waals surface area contributed by atoms with E-state index in [9.17, 15) is 4.79 Å². The number of carbonyl (C=O) groups is 1. The Hall–Kier alpha value is -1.92. The van der Waals surface area contributed by atoms with Crippen LogP contribution in [0.15, 0.2) is 46.9 Å². The van der Waals surface area contributed by atoms with Crippen molar-refractivity contribution in [3.63, 3.8) is 0 Å². The van der Waals surface area contributed by atoms with Crippen molar-refractivity contribution in [3.8, 4) is 11.4 Å². The van der Waals surface area contributed by atoms with Crippen LogP contribution in [0.5, 0.6) is 0 Å². The number of rotatable bonds is 5. The highest BCUT2D eigenvalue weighted by Crippen LogP contribution is 2.24. The van der Waals surface area contributed by atoms with E-state index in [0.717, 1.165) is 21.4 Å². The Morgan fingerprint density at radius 3 is 2.86 bits per heavy atom. The zero-order valence-corrected chi connectivity index (χ0v) is 13.9. The monoisotopic (exact) mass is 329 g/mol. The Bertz CT molecular complexity index is 794. The lowest BCUT2D eigenvalue weighted by atomic mass is 10.1. The van der Waals surface area contributed by atoms with Gasteiger partial charge in [0.25, 0.3) is 0 Å². The number of carbonyl (C=O) groups excluding carboxylic acids is 1. The molecule has 112 valence electrons. The molecule has 0 unspecified atom stereocenters. The van der Waals surface area contributed by atoms with Crippen LogP contribution in [0.3, 0.4) is 0 Å². The van der Waals surface area contributed by atoms with Gasteiger partial charge in [0.05, 0.1) is 10.6 Å². The zero-order valence-electron chi connectivity index (χ0n) is 12.3. The Morgan fingerprint density at radius 2 is 2.14 bits per heavy atom. The topological polar surface area (TPSA) is 47.8 Å². The molecule has 1 aromatic carbocycles. The van der Waals surface area contributed by atoms with Gasteiger partial charge in [-0.15, -0.1) is 21.5 Å². The van der Waals surface area contributed by atoms with Gasteiger partial charge in [0.1, 0.15) is 0 Å². The van der Waals surface area contributed by atoms with Gasteiger partial charge < -0.3 is 4.57 Å². The predicted octanol–water partition coefficient (Wildman–Crippen LogP) is 3.83. The lowest BCUT2D eigenvalue weighted by Crippen LogP contribution is -2.02. The van der Waals surface area contributed by atoms with Crippen LogP contribution in [0.2, 0.25) is 0 Å². The third-order valence-corrected chi connectivity index (χ3v) is 5.17. The molecule has 0 bridgehead atoms. The first-order chi connectivity index (χ1) is 10.6. The number of Topliss-reactive ketones (excluding diaryl/α,β-unsaturated/α-hetero) is 1. The maximum Gasteiger partial charge on any atom is 0.191 e. The van der Waals surface area contributed by atoms with Crippen molar-refractivity contribution >= 4 is 28.9 Å². The summed E-state index contributed by atoms with van der Waals surface area (Å²) in [5.74, 6) is 1.32. The summed E-state index contributed by atoms with van der Waals surface area (Å²) >= 11 is 2.89. The molecular formula is C16H15N3OS2. The molecule has 0 radical (unpaired) electrons. The molecule has 0 saturated carbocycles. The Balaban J connectivity index is 1.75. The van der Waals surface area contributed by atoms with Crippen molar-refractivity contribution in [1.82, 2.24) is 14.8 Å². The molecule has 3 rings (SSSR count). The van der Waals surface area contributed by atoms with Crippen LogP contribution >= 0.6 is 23.1 Å². The lowest BCUT2D eigenvalue weighted by molar-refractivity contribution is 0.102. The first-order valence-corrected chi connectivity index (χ1v) is 8.67. The summed E-state index contributed by atoms with van der Waals surface area (Å²) < 4.78 is 1.93. The smallest absolute Gasteiger partial charge is 0.191 e. The van der Waals surface area contributed by atoms with E-state index in [1.807, 2.05) is 41.3 Å². The summed E-state index contributed by atoms with van der Waals surface area (Å²) in [6.07, 6.45) is 0. The van der Waals surface area contributed by atoms with E-state index in [1.165, 1.54) is 28.7 Å². The van der Waals surface area contributed by atoms with Crippen molar-refractivity contribution in [2.45, 2.75) is 12.1 Å². The van der Waals surface area contributed by atoms with E-state index in [4.69, 9.17) is 0 Å². The number of benzene rings is 1. The molecule has 0 aliphatic heterocycles. The molecule has 0 aliphatic rings. The summed E-state index contributed by atoms with van der Waals surface area (Å²) in [5.41, 5.74) is 2.22. The van der Waals surface area contributed by atoms with E-state index in [0.29, 0.717) is 5.75 Å². The van der Waals surface area contributed by atoms with Gasteiger partial charge in [-0.3, -0.25) is 4.79 Å². The van der Waals surface area contributed by atoms with Gasteiger partial charge in [-0.1, -0.05) is 41.6 Å². The molecule has 3 aromatic rings. The fraction of sp³-hybridized carbons (Fsp3) is 0.188. The second kappa shape index (κ2) is 6.46. The molecular weight excluding hydrogens is 314 g/mol. The standard InChI is InChI=1S/C16H15N3OS2/c1-11-5-3-6-12(9-11)15-17-18-16(19(15)2)22-10-13(20)14-7-4-8-21-14/h3-9H,10H2,1-2H3. The van der Waals surface area contributed by atoms with Crippen molar-refractivity contribution < 1.29 is 4.79 Å². The number of aromatic nitrogens is 3. The minimum atomic E-state index is 0.125. The van der Waals surface area contributed by atoms with Crippen molar-refractivity contribution in [2.75, 3.05) is 5.75 Å². The summed E-state index contributed by atoms with van der Waals surface area (Å²) in [5, 5.41) is 11.1. The first-order valence-electron chi connectivity index (χ1n) is 6.81. The maximum atomic E-state index is 12.0. The van der Waals surface area contributed by atoms with E-state index < -0.39 is 0 Å². The second-order valence-electron chi connectivity index (χ2n) is 4.92. The molecule has 0 N–H and O–H groups in total. The van der Waals surface area contributed by atoms with Crippen LogP contribution in [0.1, 0.15) is 15.2 Å². The Morgan fingerprint density at radius 1 is 1.27 bits per heavy atom. The Kier molecular flexibility index (Phi) is 4.40. The van der Waals surface area contributed by atoms with Crippen LogP contribution in [-0.2, 0) is 7.05 Å². The number of nitrogens with zero attached hydrogens (tertiary/aromatic N) is 3. The van der Waals surface area contributed by atoms with Crippen LogP contribution in [-0.4, -0.2) is 26.3 Å². The van der Waals surface area contributed by atoms with Gasteiger partial charge in [-0.05, 0) is 24.4 Å². The molecule has 0 atom stereocenters. The van der Waals surface area contributed by atoms with Gasteiger partial charge in [-0.25, -0.2) is 0 Å². The predicted molar refractivity (Wildman–Crippen MR) is 90.5 cm³/mol. The van der Waals surface area contributed by atoms with Crippen LogP contribution < -0.4 is 0 Å². The third kappa shape index (κ3) is 3.13. The molecule has 2 aromatic heterocycles. The van der Waals surface area contributed by atoms with Crippen molar-refractivity contribution in [2.24, 2.45) is 7.05 Å². The largest absolute Gasteiger partial charge is 0.305 e. The van der Waals surface area contributed by atoms with Crippen LogP contribution in [0, 0.1) is 6.92 Å². The SMILES string of the molecule is Cc1cccc(-c2nnc(SCC(=O)c3cccs3)n2C)c1. The fourth-order valence-electron chi connectivity index (χ4n) is 2.11. The molecule has 4 nitrogen and oxygen atoms in total. The number of hydrogen-bond donors (Lipinski definition) is 0. The van der Waals surface area contributed by atoms with Gasteiger partial charge in [0, 0.05) is 12.6 Å². The molecule has 2 heterocycles. The highest BCUT2D eigenvalue weighted by atomic mass is 32.2. The van der Waals surface area contributed by atoms with Gasteiger partial charge >= 0.3 is 0 Å². The van der Waals surface area contributed by atoms with Crippen LogP contribution in [0.4, 0.5) is 0 Å². The first kappa shape index (κ1) is 15.0. The highest BCUT2D eigenvalue weighted by Gasteiger charge is 2.14. The number of aryl methyl sites for hydroxylation is 1. The maximum absolute atomic E-state index is 12.0. The normalized spacial score (nSPS) is 10.8. The highest BCUT2D eigenvalue weighted by molar-refractivity contribution is 7.99. The quantitative estimate of drug-likeness (QED) is 0.527. The van der Waals surface area contributed by atoms with Gasteiger partial charge in [-0.2, -0.15) is 0 Å². The number of thioether (sulfide) groups is 1. The average molecular weight is 329 g/mol. The molecule has 0 saturated heterocycles. The molecule has 0 aliphatic carbocycles. The Labute approximate surface area is 137 Å². The number of ketones is 1. The van der Waals surface area contributed by atoms with Crippen molar-refractivity contribution in [3.05, 3.63) is 52.2 Å². The molecule has 0 fully saturated rings. The molecule has 0 amide bonds. The zero-order chi connectivity index (χ0) is 15.5. The second-order valence-corrected chi connectivity index (χ2v) is 6.81. The summed E-state index contributed by atoms with van der Waals surface area (Å²) in [6, 6.07) is 11.9. The number of hydrogen-bond acceptors (Lipinski definition) is 5. The summed E-state index contributed by atoms with van der Waals surface area (Å²) in [6.45, 7) is 2.05. The minimum Gasteiger partial charge on any atom is -0.305 e. The van der Waals surface area contributed by atoms with Crippen LogP contribution in [0.25, 0.3) is 11.4 Å².